The van der Waals surface area contributed by atoms with Gasteiger partial charge in [-0.05, 0) is 6.26 Å². The number of β-lactam (4-membered cyclic amide) rings is 1. The Kier molecular flexibility index (Phi) is 5.61. The van der Waals surface area contributed by atoms with E-state index in [1.165, 1.54) is 11.8 Å². The number of carboxylic acid groups (broad SMARTS) is 2. The lowest BCUT2D eigenvalue weighted by molar-refractivity contribution is -0.155. The number of carboxylic acids is 2. The van der Waals surface area contributed by atoms with Gasteiger partial charge in [-0.3, -0.25) is 14.4 Å². The molecule has 15 heteroatoms. The molecule has 29 heavy (non-hydrogen) atoms. The third kappa shape index (κ3) is 4.09. The summed E-state index contributed by atoms with van der Waals surface area (Å²) in [6.45, 7) is -0.494. The van der Waals surface area contributed by atoms with Gasteiger partial charge < -0.3 is 31.0 Å². The van der Waals surface area contributed by atoms with Gasteiger partial charge in [-0.2, -0.15) is 9.36 Å². The van der Waals surface area contributed by atoms with Gasteiger partial charge in [0.25, 0.3) is 5.91 Å². The summed E-state index contributed by atoms with van der Waals surface area (Å²) in [5.74, 6) is -4.02. The molecule has 0 radical (unpaired) electrons. The number of nitrogens with one attached hydrogen (secondary N) is 1. The number of rotatable bonds is 9. The van der Waals surface area contributed by atoms with Crippen LogP contribution in [0.15, 0.2) is 5.16 Å². The Morgan fingerprint density at radius 1 is 1.45 bits per heavy atom. The van der Waals surface area contributed by atoms with Gasteiger partial charge in [0.1, 0.15) is 18.0 Å². The number of likely N-dealkylation sites (tertiary alicyclic amines) is 1. The highest BCUT2D eigenvalue weighted by Crippen LogP contribution is 2.40. The van der Waals surface area contributed by atoms with Crippen molar-refractivity contribution < 1.29 is 34.2 Å². The smallest absolute Gasteiger partial charge is 0.350 e. The lowest BCUT2D eigenvalue weighted by Gasteiger charge is -2.45. The molecular formula is C14H16N6O7S2. The number of nitrogen functional groups attached to an aromatic ring is 1. The monoisotopic (exact) mass is 444 g/mol. The van der Waals surface area contributed by atoms with E-state index in [0.717, 1.165) is 16.4 Å². The normalized spacial score (nSPS) is 22.6. The minimum atomic E-state index is -1.50. The number of anilines is 1. The van der Waals surface area contributed by atoms with Gasteiger partial charge >= 0.3 is 11.9 Å². The predicted molar refractivity (Wildman–Crippen MR) is 100 cm³/mol. The zero-order valence-electron chi connectivity index (χ0n) is 14.9. The highest BCUT2D eigenvalue weighted by atomic mass is 32.2. The topological polar surface area (TPSA) is 197 Å². The molecule has 2 amide bonds. The van der Waals surface area contributed by atoms with Crippen LogP contribution in [0, 0.1) is 0 Å². The molecule has 3 rings (SSSR count). The Labute approximate surface area is 171 Å². The van der Waals surface area contributed by atoms with Gasteiger partial charge in [0.15, 0.2) is 5.13 Å². The van der Waals surface area contributed by atoms with E-state index >= 15 is 0 Å². The number of nitrogens with zero attached hydrogens (tertiary/aromatic N) is 4. The van der Waals surface area contributed by atoms with Gasteiger partial charge in [0, 0.05) is 24.4 Å². The Hall–Kier alpha value is -2.94. The number of hydrogen-bond donors (Lipinski definition) is 4. The van der Waals surface area contributed by atoms with E-state index in [2.05, 4.69) is 19.8 Å². The number of nitrogens with two attached hydrogens (primary N) is 1. The fourth-order valence-corrected chi connectivity index (χ4v) is 3.87. The zero-order chi connectivity index (χ0) is 21.3. The molecule has 1 aliphatic carbocycles. The van der Waals surface area contributed by atoms with Crippen LogP contribution < -0.4 is 11.1 Å². The average molecular weight is 444 g/mol. The van der Waals surface area contributed by atoms with Crippen molar-refractivity contribution in [3.05, 3.63) is 5.82 Å². The van der Waals surface area contributed by atoms with Crippen LogP contribution in [0.3, 0.4) is 0 Å². The molecule has 2 atom stereocenters. The second kappa shape index (κ2) is 7.82. The predicted octanol–water partition coefficient (Wildman–Crippen LogP) is -1.44. The van der Waals surface area contributed by atoms with Crippen LogP contribution in [-0.4, -0.2) is 83.8 Å². The molecule has 0 bridgehead atoms. The van der Waals surface area contributed by atoms with E-state index in [4.69, 9.17) is 15.7 Å². The summed E-state index contributed by atoms with van der Waals surface area (Å²) in [5, 5.41) is 23.6. The third-order valence-corrected chi connectivity index (χ3v) is 5.80. The van der Waals surface area contributed by atoms with E-state index < -0.39 is 53.0 Å². The number of hydrogen-bond acceptors (Lipinski definition) is 11. The Balaban J connectivity index is 1.78. The Bertz CT molecular complexity index is 899. The quantitative estimate of drug-likeness (QED) is 0.198. The summed E-state index contributed by atoms with van der Waals surface area (Å²) in [4.78, 5) is 57.1. The number of thioether (sulfide) groups is 1. The molecule has 2 aliphatic rings. The van der Waals surface area contributed by atoms with Crippen molar-refractivity contribution in [2.45, 2.75) is 29.9 Å². The third-order valence-electron chi connectivity index (χ3n) is 4.25. The number of carbonyl (C=O) groups is 4. The summed E-state index contributed by atoms with van der Waals surface area (Å²) in [5.41, 5.74) is 3.60. The molecule has 0 spiro atoms. The summed E-state index contributed by atoms with van der Waals surface area (Å²) in [6, 6.07) is -0.993. The first-order chi connectivity index (χ1) is 13.7. The molecule has 2 fully saturated rings. The van der Waals surface area contributed by atoms with Crippen LogP contribution in [0.1, 0.15) is 18.7 Å². The summed E-state index contributed by atoms with van der Waals surface area (Å²) in [6.07, 6.45) is 2.12. The first kappa shape index (κ1) is 20.8. The molecule has 0 aromatic carbocycles. The van der Waals surface area contributed by atoms with Crippen LogP contribution in [0.5, 0.6) is 0 Å². The zero-order valence-corrected chi connectivity index (χ0v) is 16.5. The minimum Gasteiger partial charge on any atom is -0.480 e. The van der Waals surface area contributed by atoms with Crippen molar-refractivity contribution >= 4 is 57.9 Å². The maximum atomic E-state index is 12.7. The molecular weight excluding hydrogens is 428 g/mol. The number of amides is 2. The standard InChI is InChI=1S/C14H16N6O7S2/c1-28-11-7(10(24)20(11)4-5(21)22)16-9(23)6(8-17-13(15)29-19-8)18-27-14(2-3-14)12(25)26/h7,11H,2-4H2,1H3,(H,16,23)(H,21,22)(H,25,26)(H2,15,17,19)/b18-6-/t7-,11?/m1/s1. The lowest BCUT2D eigenvalue weighted by atomic mass is 10.1. The number of carbonyl (C=O) groups excluding carboxylic acids is 2. The van der Waals surface area contributed by atoms with Gasteiger partial charge in [-0.15, -0.1) is 11.8 Å². The molecule has 13 nitrogen and oxygen atoms in total. The van der Waals surface area contributed by atoms with Crippen LogP contribution in [0.25, 0.3) is 0 Å². The number of oxime groups is 1. The summed E-state index contributed by atoms with van der Waals surface area (Å²) in [7, 11) is 0. The molecule has 1 saturated carbocycles. The molecule has 1 aromatic heterocycles. The summed E-state index contributed by atoms with van der Waals surface area (Å²) >= 11 is 1.98. The van der Waals surface area contributed by atoms with Crippen molar-refractivity contribution in [3.63, 3.8) is 0 Å². The van der Waals surface area contributed by atoms with Crippen molar-refractivity contribution in [3.8, 4) is 0 Å². The van der Waals surface area contributed by atoms with E-state index in [9.17, 15) is 24.3 Å². The first-order valence-corrected chi connectivity index (χ1v) is 10.2. The average Bonchev–Trinajstić information content (AvgIpc) is 3.34. The van der Waals surface area contributed by atoms with Crippen molar-refractivity contribution in [2.24, 2.45) is 5.16 Å². The maximum Gasteiger partial charge on any atom is 0.350 e. The SMILES string of the molecule is CSC1[C@H](NC(=O)/C(=N\OC2(C(=O)O)CC2)c2nsc(N)n2)C(=O)N1CC(=O)O. The van der Waals surface area contributed by atoms with E-state index in [0.29, 0.717) is 0 Å². The molecule has 5 N–H and O–H groups in total. The van der Waals surface area contributed by atoms with Crippen LogP contribution in [-0.2, 0) is 24.0 Å². The Morgan fingerprint density at radius 2 is 2.14 bits per heavy atom. The van der Waals surface area contributed by atoms with Crippen molar-refractivity contribution in [1.82, 2.24) is 19.6 Å². The highest BCUT2D eigenvalue weighted by molar-refractivity contribution is 7.99. The second-order valence-corrected chi connectivity index (χ2v) is 7.96. The van der Waals surface area contributed by atoms with Crippen LogP contribution in [0.4, 0.5) is 5.13 Å². The maximum absolute atomic E-state index is 12.7. The molecule has 1 aliphatic heterocycles. The van der Waals surface area contributed by atoms with E-state index in [-0.39, 0.29) is 23.8 Å². The van der Waals surface area contributed by atoms with Gasteiger partial charge in [-0.25, -0.2) is 4.79 Å². The Morgan fingerprint density at radius 3 is 2.62 bits per heavy atom. The molecule has 156 valence electrons. The van der Waals surface area contributed by atoms with E-state index in [1.54, 1.807) is 6.26 Å². The molecule has 1 saturated heterocycles. The first-order valence-electron chi connectivity index (χ1n) is 8.13. The number of aromatic nitrogens is 2. The molecule has 1 unspecified atom stereocenters. The molecule has 2 heterocycles. The second-order valence-electron chi connectivity index (χ2n) is 6.22. The fraction of sp³-hybridized carbons (Fsp3) is 0.500. The van der Waals surface area contributed by atoms with Crippen molar-refractivity contribution in [2.75, 3.05) is 18.5 Å². The minimum absolute atomic E-state index is 0.0502. The van der Waals surface area contributed by atoms with E-state index in [1.807, 2.05) is 0 Å². The van der Waals surface area contributed by atoms with Gasteiger partial charge in [0.2, 0.25) is 23.0 Å². The number of aliphatic carboxylic acids is 2. The molecule has 1 aromatic rings. The van der Waals surface area contributed by atoms with Crippen molar-refractivity contribution in [1.29, 1.82) is 0 Å². The van der Waals surface area contributed by atoms with Gasteiger partial charge in [0.05, 0.1) is 0 Å². The van der Waals surface area contributed by atoms with Crippen LogP contribution >= 0.6 is 23.3 Å². The largest absolute Gasteiger partial charge is 0.480 e. The van der Waals surface area contributed by atoms with Gasteiger partial charge in [-0.1, -0.05) is 5.16 Å². The fourth-order valence-electron chi connectivity index (χ4n) is 2.55. The lowest BCUT2D eigenvalue weighted by Crippen LogP contribution is -2.70. The van der Waals surface area contributed by atoms with Crippen LogP contribution in [0.2, 0.25) is 0 Å². The highest BCUT2D eigenvalue weighted by Gasteiger charge is 2.55. The summed E-state index contributed by atoms with van der Waals surface area (Å²) < 4.78 is 3.88.